The van der Waals surface area contributed by atoms with Gasteiger partial charge in [-0.1, -0.05) is 30.2 Å². The first kappa shape index (κ1) is 13.9. The number of aromatic nitrogens is 2. The molecule has 0 aromatic carbocycles. The van der Waals surface area contributed by atoms with Crippen LogP contribution in [0.15, 0.2) is 6.20 Å². The maximum Gasteiger partial charge on any atom is 0.308 e. The molecule has 1 amide bonds. The van der Waals surface area contributed by atoms with Gasteiger partial charge in [-0.25, -0.2) is 0 Å². The van der Waals surface area contributed by atoms with E-state index in [4.69, 9.17) is 0 Å². The molecule has 0 bridgehead atoms. The predicted octanol–water partition coefficient (Wildman–Crippen LogP) is 1.69. The molecule has 104 valence electrons. The fourth-order valence-electron chi connectivity index (χ4n) is 2.46. The number of nitrogens with zero attached hydrogens (tertiary/aromatic N) is 2. The minimum Gasteiger partial charge on any atom is -0.481 e. The fraction of sp³-hybridized carbons (Fsp3) is 0.667. The Bertz CT molecular complexity index is 435. The second-order valence-electron chi connectivity index (χ2n) is 4.80. The fourth-order valence-corrected chi connectivity index (χ4v) is 2.88. The molecule has 1 aliphatic carbocycles. The van der Waals surface area contributed by atoms with Crippen LogP contribution in [0.1, 0.15) is 48.2 Å². The average molecular weight is 283 g/mol. The molecule has 1 aromatic heterocycles. The third-order valence-corrected chi connectivity index (χ3v) is 4.15. The molecule has 0 saturated heterocycles. The van der Waals surface area contributed by atoms with Crippen LogP contribution in [0.2, 0.25) is 0 Å². The van der Waals surface area contributed by atoms with Crippen molar-refractivity contribution in [2.45, 2.75) is 44.6 Å². The summed E-state index contributed by atoms with van der Waals surface area (Å²) >= 11 is 1.02. The number of nitrogens with one attached hydrogen (secondary N) is 1. The second-order valence-corrected chi connectivity index (χ2v) is 5.58. The molecule has 1 heterocycles. The Morgan fingerprint density at radius 2 is 2.00 bits per heavy atom. The molecule has 6 nitrogen and oxygen atoms in total. The van der Waals surface area contributed by atoms with E-state index in [1.54, 1.807) is 0 Å². The van der Waals surface area contributed by atoms with Gasteiger partial charge in [0.2, 0.25) is 0 Å². The highest BCUT2D eigenvalue weighted by Crippen LogP contribution is 2.23. The van der Waals surface area contributed by atoms with Gasteiger partial charge in [-0.05, 0) is 24.4 Å². The summed E-state index contributed by atoms with van der Waals surface area (Å²) in [6.45, 7) is 0. The van der Waals surface area contributed by atoms with E-state index in [0.29, 0.717) is 11.3 Å². The summed E-state index contributed by atoms with van der Waals surface area (Å²) in [5.41, 5.74) is 0. The van der Waals surface area contributed by atoms with Gasteiger partial charge in [0, 0.05) is 6.04 Å². The summed E-state index contributed by atoms with van der Waals surface area (Å²) < 4.78 is 3.64. The predicted molar refractivity (Wildman–Crippen MR) is 70.0 cm³/mol. The van der Waals surface area contributed by atoms with Crippen LogP contribution in [0.3, 0.4) is 0 Å². The third kappa shape index (κ3) is 3.73. The van der Waals surface area contributed by atoms with Crippen molar-refractivity contribution in [2.75, 3.05) is 0 Å². The van der Waals surface area contributed by atoms with Crippen molar-refractivity contribution < 1.29 is 14.7 Å². The highest BCUT2D eigenvalue weighted by molar-refractivity contribution is 7.07. The van der Waals surface area contributed by atoms with Gasteiger partial charge >= 0.3 is 5.97 Å². The number of carboxylic acid groups (broad SMARTS) is 1. The summed E-state index contributed by atoms with van der Waals surface area (Å²) in [6.07, 6.45) is 6.78. The lowest BCUT2D eigenvalue weighted by Gasteiger charge is -2.26. The monoisotopic (exact) mass is 283 g/mol. The Labute approximate surface area is 115 Å². The standard InChI is InChI=1S/C12H17N3O3S/c16-11(10-7-13-15-19-10)14-9-6-4-2-1-3-5-8(9)12(17)18/h7-9H,1-6H2,(H,14,16)(H,17,18). The first-order valence-electron chi connectivity index (χ1n) is 6.49. The molecule has 0 radical (unpaired) electrons. The highest BCUT2D eigenvalue weighted by Gasteiger charge is 2.30. The van der Waals surface area contributed by atoms with Crippen LogP contribution in [0, 0.1) is 5.92 Å². The van der Waals surface area contributed by atoms with Crippen LogP contribution < -0.4 is 5.32 Å². The molecule has 2 N–H and O–H groups in total. The maximum absolute atomic E-state index is 12.0. The van der Waals surface area contributed by atoms with Crippen molar-refractivity contribution in [3.8, 4) is 0 Å². The Kier molecular flexibility index (Phi) is 4.84. The van der Waals surface area contributed by atoms with E-state index in [0.717, 1.165) is 43.6 Å². The summed E-state index contributed by atoms with van der Waals surface area (Å²) in [6, 6.07) is -0.299. The van der Waals surface area contributed by atoms with Crippen LogP contribution >= 0.6 is 11.5 Å². The van der Waals surface area contributed by atoms with Crippen LogP contribution in [0.5, 0.6) is 0 Å². The lowest BCUT2D eigenvalue weighted by Crippen LogP contribution is -2.43. The van der Waals surface area contributed by atoms with Gasteiger partial charge in [-0.2, -0.15) is 0 Å². The normalized spacial score (nSPS) is 24.2. The van der Waals surface area contributed by atoms with Crippen molar-refractivity contribution in [1.82, 2.24) is 14.9 Å². The first-order valence-corrected chi connectivity index (χ1v) is 7.27. The van der Waals surface area contributed by atoms with Gasteiger partial charge in [0.25, 0.3) is 5.91 Å². The summed E-state index contributed by atoms with van der Waals surface area (Å²) in [4.78, 5) is 23.7. The molecular weight excluding hydrogens is 266 g/mol. The molecule has 2 atom stereocenters. The highest BCUT2D eigenvalue weighted by atomic mass is 32.1. The van der Waals surface area contributed by atoms with E-state index < -0.39 is 11.9 Å². The Hall–Kier alpha value is -1.50. The van der Waals surface area contributed by atoms with E-state index in [9.17, 15) is 14.7 Å². The molecule has 7 heteroatoms. The zero-order chi connectivity index (χ0) is 13.7. The minimum absolute atomic E-state index is 0.271. The number of hydrogen-bond donors (Lipinski definition) is 2. The van der Waals surface area contributed by atoms with E-state index in [1.165, 1.54) is 6.20 Å². The molecule has 1 fully saturated rings. The molecule has 2 rings (SSSR count). The zero-order valence-corrected chi connectivity index (χ0v) is 11.4. The summed E-state index contributed by atoms with van der Waals surface area (Å²) in [7, 11) is 0. The van der Waals surface area contributed by atoms with Crippen molar-refractivity contribution in [1.29, 1.82) is 0 Å². The average Bonchev–Trinajstić information content (AvgIpc) is 2.85. The topological polar surface area (TPSA) is 92.2 Å². The van der Waals surface area contributed by atoms with E-state index in [-0.39, 0.29) is 11.9 Å². The summed E-state index contributed by atoms with van der Waals surface area (Å²) in [5, 5.41) is 15.7. The van der Waals surface area contributed by atoms with Crippen LogP contribution in [0.4, 0.5) is 0 Å². The number of carbonyl (C=O) groups excluding carboxylic acids is 1. The van der Waals surface area contributed by atoms with Gasteiger partial charge in [0.15, 0.2) is 0 Å². The minimum atomic E-state index is -0.824. The first-order chi connectivity index (χ1) is 9.18. The number of aliphatic carboxylic acids is 1. The second kappa shape index (κ2) is 6.60. The SMILES string of the molecule is O=C(NC1CCCCCCC1C(=O)O)c1cnns1. The Morgan fingerprint density at radius 1 is 1.26 bits per heavy atom. The van der Waals surface area contributed by atoms with Crippen molar-refractivity contribution in [3.05, 3.63) is 11.1 Å². The number of hydrogen-bond acceptors (Lipinski definition) is 5. The number of amides is 1. The number of carbonyl (C=O) groups is 2. The van der Waals surface area contributed by atoms with Crippen LogP contribution in [-0.4, -0.2) is 32.6 Å². The maximum atomic E-state index is 12.0. The van der Waals surface area contributed by atoms with Gasteiger partial charge < -0.3 is 10.4 Å². The molecule has 1 aromatic rings. The smallest absolute Gasteiger partial charge is 0.308 e. The number of rotatable bonds is 3. The lowest BCUT2D eigenvalue weighted by molar-refractivity contribution is -0.143. The summed E-state index contributed by atoms with van der Waals surface area (Å²) in [5.74, 6) is -1.59. The van der Waals surface area contributed by atoms with Gasteiger partial charge in [-0.15, -0.1) is 5.10 Å². The van der Waals surface area contributed by atoms with E-state index >= 15 is 0 Å². The van der Waals surface area contributed by atoms with Crippen LogP contribution in [-0.2, 0) is 4.79 Å². The van der Waals surface area contributed by atoms with Crippen molar-refractivity contribution in [2.24, 2.45) is 5.92 Å². The van der Waals surface area contributed by atoms with Gasteiger partial charge in [-0.3, -0.25) is 9.59 Å². The molecule has 0 aliphatic heterocycles. The molecule has 19 heavy (non-hydrogen) atoms. The van der Waals surface area contributed by atoms with Gasteiger partial charge in [0.05, 0.1) is 12.1 Å². The van der Waals surface area contributed by atoms with E-state index in [2.05, 4.69) is 14.9 Å². The zero-order valence-electron chi connectivity index (χ0n) is 10.5. The lowest BCUT2D eigenvalue weighted by atomic mass is 9.87. The van der Waals surface area contributed by atoms with Crippen molar-refractivity contribution >= 4 is 23.4 Å². The van der Waals surface area contributed by atoms with E-state index in [1.807, 2.05) is 0 Å². The quantitative estimate of drug-likeness (QED) is 0.880. The molecule has 0 spiro atoms. The molecular formula is C12H17N3O3S. The molecule has 2 unspecified atom stereocenters. The Balaban J connectivity index is 2.04. The Morgan fingerprint density at radius 3 is 2.63 bits per heavy atom. The number of carboxylic acids is 1. The largest absolute Gasteiger partial charge is 0.481 e. The third-order valence-electron chi connectivity index (χ3n) is 3.48. The van der Waals surface area contributed by atoms with Crippen LogP contribution in [0.25, 0.3) is 0 Å². The molecule has 1 saturated carbocycles. The van der Waals surface area contributed by atoms with Gasteiger partial charge in [0.1, 0.15) is 4.88 Å². The van der Waals surface area contributed by atoms with Crippen molar-refractivity contribution in [3.63, 3.8) is 0 Å². The molecule has 1 aliphatic rings.